The van der Waals surface area contributed by atoms with E-state index in [1.54, 1.807) is 60.7 Å². The number of aliphatic hydroxyl groups excluding tert-OH is 4. The average Bonchev–Trinajstić information content (AvgIpc) is 0.887. The Bertz CT molecular complexity index is 4090. The first-order chi connectivity index (χ1) is 59.7. The molecule has 0 saturated heterocycles. The zero-order valence-electron chi connectivity index (χ0n) is 67.3. The van der Waals surface area contributed by atoms with E-state index in [2.05, 4.69) is 43.8 Å². The third-order valence-corrected chi connectivity index (χ3v) is 14.0. The highest BCUT2D eigenvalue weighted by Gasteiger charge is 2.29. The van der Waals surface area contributed by atoms with Crippen molar-refractivity contribution in [3.63, 3.8) is 0 Å². The van der Waals surface area contributed by atoms with Crippen molar-refractivity contribution < 1.29 is 201 Å². The van der Waals surface area contributed by atoms with Gasteiger partial charge in [0, 0.05) is 0 Å². The van der Waals surface area contributed by atoms with Crippen molar-refractivity contribution in [3.05, 3.63) is 180 Å². The first-order valence-electron chi connectivity index (χ1n) is 36.1. The summed E-state index contributed by atoms with van der Waals surface area (Å²) < 4.78 is 33.5. The van der Waals surface area contributed by atoms with Crippen LogP contribution in [0.2, 0.25) is 0 Å². The number of unbranched alkanes of at least 4 members (excludes halogenated alkanes) is 1. The van der Waals surface area contributed by atoms with Crippen LogP contribution in [-0.2, 0) is 97.7 Å². The highest BCUT2D eigenvalue weighted by molar-refractivity contribution is 5.83. The molecule has 0 aliphatic carbocycles. The maximum Gasteiger partial charge on any atom is 0.413 e. The van der Waals surface area contributed by atoms with Gasteiger partial charge in [-0.15, -0.1) is 60.7 Å². The summed E-state index contributed by atoms with van der Waals surface area (Å²) in [4.78, 5) is 215. The van der Waals surface area contributed by atoms with Crippen LogP contribution in [0.25, 0.3) is 0 Å². The topological polar surface area (TPSA) is 858 Å². The molecule has 4 aromatic carbocycles. The Balaban J connectivity index is 0. The molecule has 6 amide bonds. The van der Waals surface area contributed by atoms with Crippen LogP contribution in [0.4, 0.5) is 28.8 Å². The van der Waals surface area contributed by atoms with Gasteiger partial charge in [-0.05, 0) is 150 Å². The van der Waals surface area contributed by atoms with Gasteiger partial charge in [-0.2, -0.15) is 0 Å². The third-order valence-electron chi connectivity index (χ3n) is 14.0. The van der Waals surface area contributed by atoms with Crippen LogP contribution in [0.5, 0.6) is 23.0 Å². The number of aliphatic hydroxyl groups is 4. The maximum absolute atomic E-state index is 11.6. The minimum Gasteiger partial charge on any atom is -0.480 e. The molecule has 0 aliphatic heterocycles. The summed E-state index contributed by atoms with van der Waals surface area (Å²) in [5, 5.41) is 155. The molecule has 0 spiro atoms. The van der Waals surface area contributed by atoms with Crippen LogP contribution in [-0.4, -0.2) is 282 Å². The molecule has 0 fully saturated rings. The molecule has 127 heavy (non-hydrogen) atoms. The predicted octanol–water partition coefficient (Wildman–Crippen LogP) is 1.03. The van der Waals surface area contributed by atoms with Gasteiger partial charge < -0.3 is 145 Å². The molecule has 0 aromatic heterocycles. The number of amides is 6. The first-order valence-corrected chi connectivity index (χ1v) is 36.1. The number of rotatable bonds is 51. The normalized spacial score (nSPS) is 11.9. The number of nitrogens with zero attached hydrogens (tertiary/aromatic N) is 6. The van der Waals surface area contributed by atoms with Gasteiger partial charge in [0.15, 0.2) is 24.2 Å². The summed E-state index contributed by atoms with van der Waals surface area (Å²) >= 11 is 0. The average molecular weight is 1830 g/mol. The van der Waals surface area contributed by atoms with Gasteiger partial charge in [-0.1, -0.05) is 48.5 Å². The fourth-order valence-electron chi connectivity index (χ4n) is 8.18. The second-order valence-electron chi connectivity index (χ2n) is 24.1. The van der Waals surface area contributed by atoms with Crippen molar-refractivity contribution in [2.24, 2.45) is 0 Å². The number of carboxylic acids is 6. The van der Waals surface area contributed by atoms with Crippen LogP contribution in [0, 0.1) is 60.7 Å². The Morgan fingerprint density at radius 2 is 0.520 bits per heavy atom. The summed E-state index contributed by atoms with van der Waals surface area (Å²) in [6, 6.07) is 19.2. The van der Waals surface area contributed by atoms with Crippen LogP contribution in [0.1, 0.15) is 75.6 Å². The second kappa shape index (κ2) is 66.0. The lowest BCUT2D eigenvalue weighted by atomic mass is 10.1. The Labute approximate surface area is 713 Å². The summed E-state index contributed by atoms with van der Waals surface area (Å²) in [6.45, 7) is 2.99. The lowest BCUT2D eigenvalue weighted by molar-refractivity contribution is -0.758. The smallest absolute Gasteiger partial charge is 0.413 e. The molecular formula is C68H92N12O47. The Kier molecular flexibility index (Phi) is 58.9. The van der Waals surface area contributed by atoms with Gasteiger partial charge in [-0.25, -0.2) is 47.9 Å². The highest BCUT2D eigenvalue weighted by atomic mass is 17.0. The van der Waals surface area contributed by atoms with Crippen LogP contribution < -0.4 is 50.8 Å². The van der Waals surface area contributed by atoms with Crippen molar-refractivity contribution in [3.8, 4) is 23.0 Å². The van der Waals surface area contributed by atoms with E-state index < -0.39 is 165 Å². The van der Waals surface area contributed by atoms with Gasteiger partial charge >= 0.3 is 72.4 Å². The number of aryl methyl sites for hydroxylation is 2. The molecule has 4 aromatic rings. The molecular weight excluding hydrogens is 1740 g/mol. The lowest BCUT2D eigenvalue weighted by Crippen LogP contribution is -2.48. The molecule has 59 heteroatoms. The van der Waals surface area contributed by atoms with Crippen molar-refractivity contribution in [2.45, 2.75) is 128 Å². The number of carbonyl (C=O) groups excluding carboxylic acids is 6. The second-order valence-corrected chi connectivity index (χ2v) is 24.1. The van der Waals surface area contributed by atoms with E-state index in [4.69, 9.17) is 64.5 Å². The van der Waals surface area contributed by atoms with E-state index in [-0.39, 0.29) is 89.1 Å². The van der Waals surface area contributed by atoms with Crippen molar-refractivity contribution >= 4 is 72.4 Å². The SMILES string of the molecule is CC(O)C(NC(=O)OCCCCO[N+](=O)[O-])C(=O)O.CC(O)C(NC(=O)OCCOCCO[N+](=O)[O-])C(=O)O.CC(O)C(NC(=O)Oc1ccc(CCCO[N+](=O)[O-])cc1)C(=O)O.CC(O)C(NC(=O)Oc1ccc(CCO[N+](=O)[O-])cc1)C(=O)O.O=C(O)CNC(=O)Oc1ccc(CCCO[N+](=O)[O-])cc1.O=C(O)CNC(=O)Oc1ccc(CCO[N+](=O)[O-])cc1. The van der Waals surface area contributed by atoms with E-state index in [1.165, 1.54) is 64.1 Å². The number of carbonyl (C=O) groups is 12. The minimum atomic E-state index is -1.49. The van der Waals surface area contributed by atoms with Gasteiger partial charge in [0.2, 0.25) is 0 Å². The summed E-state index contributed by atoms with van der Waals surface area (Å²) in [7, 11) is 0. The van der Waals surface area contributed by atoms with Gasteiger partial charge in [0.05, 0.1) is 64.1 Å². The summed E-state index contributed by atoms with van der Waals surface area (Å²) in [6.07, 6.45) is -7.54. The molecule has 8 atom stereocenters. The number of nitrogens with one attached hydrogen (secondary N) is 6. The van der Waals surface area contributed by atoms with Crippen LogP contribution in [0.15, 0.2) is 97.1 Å². The Hall–Kier alpha value is -15.7. The monoisotopic (exact) mass is 1830 g/mol. The van der Waals surface area contributed by atoms with E-state index in [0.717, 1.165) is 22.3 Å². The van der Waals surface area contributed by atoms with Gasteiger partial charge in [0.1, 0.15) is 62.5 Å². The highest BCUT2D eigenvalue weighted by Crippen LogP contribution is 2.18. The van der Waals surface area contributed by atoms with Crippen molar-refractivity contribution in [1.82, 2.24) is 31.9 Å². The fraction of sp³-hybridized carbons (Fsp3) is 0.471. The quantitative estimate of drug-likeness (QED) is 0.0167. The van der Waals surface area contributed by atoms with Crippen LogP contribution in [0.3, 0.4) is 0 Å². The molecule has 0 aliphatic rings. The van der Waals surface area contributed by atoms with Crippen LogP contribution >= 0.6 is 0 Å². The molecule has 0 saturated carbocycles. The summed E-state index contributed by atoms with van der Waals surface area (Å²) in [5.74, 6) is -7.06. The van der Waals surface area contributed by atoms with E-state index in [1.807, 2.05) is 26.6 Å². The van der Waals surface area contributed by atoms with Gasteiger partial charge in [-0.3, -0.25) is 9.59 Å². The van der Waals surface area contributed by atoms with Gasteiger partial charge in [0.25, 0.3) is 30.5 Å². The van der Waals surface area contributed by atoms with E-state index >= 15 is 0 Å². The molecule has 0 bridgehead atoms. The number of hydrogen-bond acceptors (Lipinski definition) is 41. The largest absolute Gasteiger partial charge is 0.480 e. The Morgan fingerprint density at radius 3 is 0.787 bits per heavy atom. The standard InChI is InChI=1S/C14H18N2O8.C13H16N2O8.C12H14N2O7.C11H12N2O7.C9H16N2O9.C9H16N2O8/c1-9(17)12(13(18)19)15-14(20)24-11-6-4-10(5-7-11)3-2-8-23-16(21)22;1-8(16)11(12(17)18)14-13(19)23-10-4-2-9(3-5-10)6-7-22-15(20)21;15-11(16)8-13-12(17)21-10-5-3-9(4-6-10)2-1-7-20-14(18)19;14-10(15)7-12-11(16)20-9-3-1-8(2-4-9)5-6-19-13(17)18;1-6(12)7(8(13)14)10-9(15)19-4-2-18-3-5-20-11(16)17;1-6(12)7(8(13)14)10-9(15)18-4-2-3-5-19-11(16)17/h4-7,9,12,17H,2-3,8H2,1H3,(H,15,20)(H,18,19);2-5,8,11,16H,6-7H2,1H3,(H,14,19)(H,17,18);3-6H,1-2,7-8H2,(H,13,17)(H,15,16);1-4H,5-7H2,(H,12,16)(H,14,15);6-7,12H,2-5H2,1H3,(H,10,15)(H,13,14);6-7,12H,2-5H2,1H3,(H,10,15)(H,13,14). The molecule has 59 nitrogen and oxygen atoms in total. The number of aliphatic carboxylic acids is 6. The molecule has 0 radical (unpaired) electrons. The third kappa shape index (κ3) is 63.0. The Morgan fingerprint density at radius 1 is 0.291 bits per heavy atom. The zero-order valence-corrected chi connectivity index (χ0v) is 67.3. The first kappa shape index (κ1) is 113. The number of benzene rings is 4. The number of carboxylic acid groups (broad SMARTS) is 6. The molecule has 16 N–H and O–H groups in total. The van der Waals surface area contributed by atoms with Crippen molar-refractivity contribution in [1.29, 1.82) is 0 Å². The van der Waals surface area contributed by atoms with E-state index in [9.17, 15) is 128 Å². The van der Waals surface area contributed by atoms with E-state index in [0.29, 0.717) is 51.4 Å². The zero-order chi connectivity index (χ0) is 96.5. The summed E-state index contributed by atoms with van der Waals surface area (Å²) in [5.41, 5.74) is 3.26. The number of hydrogen-bond donors (Lipinski definition) is 16. The molecule has 706 valence electrons. The number of alkyl carbamates (subject to hydrolysis) is 2. The predicted molar refractivity (Wildman–Crippen MR) is 411 cm³/mol. The lowest BCUT2D eigenvalue weighted by Gasteiger charge is -2.16. The molecule has 0 heterocycles. The fourth-order valence-corrected chi connectivity index (χ4v) is 8.18. The minimum absolute atomic E-state index is 0.0103. The van der Waals surface area contributed by atoms with Crippen molar-refractivity contribution in [2.75, 3.05) is 79.2 Å². The number of ether oxygens (including phenoxy) is 7. The maximum atomic E-state index is 11.6. The molecule has 4 rings (SSSR count). The molecule has 8 unspecified atom stereocenters.